The molecule has 0 radical (unpaired) electrons. The predicted octanol–water partition coefficient (Wildman–Crippen LogP) is 4.53. The van der Waals surface area contributed by atoms with Crippen LogP contribution in [-0.2, 0) is 16.6 Å². The largest absolute Gasteiger partial charge is 0.406 e. The predicted molar refractivity (Wildman–Crippen MR) is 112 cm³/mol. The Morgan fingerprint density at radius 2 is 1.88 bits per heavy atom. The number of benzene rings is 1. The Hall–Kier alpha value is -3.12. The van der Waals surface area contributed by atoms with Gasteiger partial charge in [-0.15, -0.1) is 0 Å². The Morgan fingerprint density at radius 1 is 1.19 bits per heavy atom. The summed E-state index contributed by atoms with van der Waals surface area (Å²) in [5.74, 6) is -1.68. The van der Waals surface area contributed by atoms with Crippen LogP contribution in [0.4, 0.5) is 28.9 Å². The van der Waals surface area contributed by atoms with Gasteiger partial charge >= 0.3 is 6.18 Å². The van der Waals surface area contributed by atoms with E-state index in [0.717, 1.165) is 24.6 Å². The molecule has 0 aliphatic carbocycles. The first-order valence-electron chi connectivity index (χ1n) is 8.78. The molecular formula is C19H15ClF4N4O3S. The first-order chi connectivity index (χ1) is 14.8. The van der Waals surface area contributed by atoms with Crippen LogP contribution in [0.1, 0.15) is 10.4 Å². The van der Waals surface area contributed by atoms with Gasteiger partial charge in [-0.1, -0.05) is 11.6 Å². The number of aromatic nitrogens is 2. The third-order valence-electron chi connectivity index (χ3n) is 3.97. The summed E-state index contributed by atoms with van der Waals surface area (Å²) in [6, 6.07) is 7.29. The molecule has 32 heavy (non-hydrogen) atoms. The molecule has 1 aromatic carbocycles. The zero-order chi connectivity index (χ0) is 23.7. The van der Waals surface area contributed by atoms with Gasteiger partial charge in [0.1, 0.15) is 12.2 Å². The summed E-state index contributed by atoms with van der Waals surface area (Å²) in [5.41, 5.74) is -0.634. The Bertz CT molecular complexity index is 1280. The number of carbonyl (C=O) groups excluding carboxylic acids is 1. The van der Waals surface area contributed by atoms with E-state index < -0.39 is 34.5 Å². The molecule has 3 aromatic rings. The molecule has 0 unspecified atom stereocenters. The molecule has 0 saturated carbocycles. The summed E-state index contributed by atoms with van der Waals surface area (Å²) in [4.78, 5) is 16.4. The summed E-state index contributed by atoms with van der Waals surface area (Å²) in [5, 5.41) is 2.52. The Kier molecular flexibility index (Phi) is 6.46. The maximum absolute atomic E-state index is 14.1. The molecule has 0 atom stereocenters. The van der Waals surface area contributed by atoms with Crippen molar-refractivity contribution in [2.24, 2.45) is 0 Å². The minimum Gasteiger partial charge on any atom is -0.336 e. The number of anilines is 2. The van der Waals surface area contributed by atoms with Crippen molar-refractivity contribution >= 4 is 38.9 Å². The fourth-order valence-electron chi connectivity index (χ4n) is 2.87. The highest BCUT2D eigenvalue weighted by Crippen LogP contribution is 2.28. The second kappa shape index (κ2) is 8.79. The summed E-state index contributed by atoms with van der Waals surface area (Å²) < 4.78 is 78.9. The first-order valence-corrected chi connectivity index (χ1v) is 11.1. The Balaban J connectivity index is 1.95. The van der Waals surface area contributed by atoms with Crippen LogP contribution in [0.15, 0.2) is 48.8 Å². The van der Waals surface area contributed by atoms with Crippen molar-refractivity contribution in [3.63, 3.8) is 0 Å². The SMILES string of the molecule is CS(=O)(=O)Nc1cc(Cl)cc(NC(=O)c2cc(-c3ncccc3F)n(CC(F)(F)F)c2)c1. The number of nitrogens with one attached hydrogen (secondary N) is 2. The fraction of sp³-hybridized carbons (Fsp3) is 0.158. The van der Waals surface area contributed by atoms with Crippen molar-refractivity contribution in [1.29, 1.82) is 0 Å². The van der Waals surface area contributed by atoms with E-state index in [0.29, 0.717) is 4.57 Å². The van der Waals surface area contributed by atoms with Crippen LogP contribution in [0, 0.1) is 5.82 Å². The summed E-state index contributed by atoms with van der Waals surface area (Å²) >= 11 is 5.94. The van der Waals surface area contributed by atoms with E-state index in [1.54, 1.807) is 0 Å². The van der Waals surface area contributed by atoms with E-state index in [-0.39, 0.29) is 33.3 Å². The van der Waals surface area contributed by atoms with Crippen LogP contribution in [-0.4, -0.2) is 36.3 Å². The second-order valence-electron chi connectivity index (χ2n) is 6.75. The zero-order valence-electron chi connectivity index (χ0n) is 16.2. The lowest BCUT2D eigenvalue weighted by atomic mass is 10.2. The molecule has 7 nitrogen and oxygen atoms in total. The van der Waals surface area contributed by atoms with Gasteiger partial charge in [0.05, 0.1) is 23.2 Å². The summed E-state index contributed by atoms with van der Waals surface area (Å²) in [6.07, 6.45) is -1.57. The lowest BCUT2D eigenvalue weighted by molar-refractivity contribution is -0.140. The van der Waals surface area contributed by atoms with E-state index in [4.69, 9.17) is 11.6 Å². The molecule has 1 amide bonds. The van der Waals surface area contributed by atoms with Crippen LogP contribution >= 0.6 is 11.6 Å². The highest BCUT2D eigenvalue weighted by molar-refractivity contribution is 7.92. The minimum absolute atomic E-state index is 0.0705. The molecule has 2 aromatic heterocycles. The molecular weight excluding hydrogens is 476 g/mol. The highest BCUT2D eigenvalue weighted by Gasteiger charge is 2.30. The number of halogens is 5. The smallest absolute Gasteiger partial charge is 0.336 e. The third-order valence-corrected chi connectivity index (χ3v) is 4.79. The standard InChI is InChI=1S/C19H15ClF4N4O3S/c1-32(30,31)27-14-7-12(20)6-13(8-14)26-18(29)11-5-16(17-15(21)3-2-4-25-17)28(9-11)10-19(22,23)24/h2-9,27H,10H2,1H3,(H,26,29). The van der Waals surface area contributed by atoms with Crippen LogP contribution in [0.2, 0.25) is 5.02 Å². The van der Waals surface area contributed by atoms with E-state index in [1.807, 2.05) is 0 Å². The summed E-state index contributed by atoms with van der Waals surface area (Å²) in [7, 11) is -3.62. The molecule has 0 aliphatic heterocycles. The van der Waals surface area contributed by atoms with Gasteiger partial charge in [-0.05, 0) is 36.4 Å². The zero-order valence-corrected chi connectivity index (χ0v) is 17.8. The average Bonchev–Trinajstić information content (AvgIpc) is 3.02. The van der Waals surface area contributed by atoms with Gasteiger partial charge in [-0.25, -0.2) is 12.8 Å². The lowest BCUT2D eigenvalue weighted by Gasteiger charge is -2.11. The number of hydrogen-bond acceptors (Lipinski definition) is 4. The molecule has 13 heteroatoms. The topological polar surface area (TPSA) is 93.1 Å². The van der Waals surface area contributed by atoms with Gasteiger partial charge in [0.25, 0.3) is 5.91 Å². The van der Waals surface area contributed by atoms with E-state index in [1.165, 1.54) is 30.5 Å². The van der Waals surface area contributed by atoms with E-state index in [9.17, 15) is 30.8 Å². The molecule has 2 N–H and O–H groups in total. The molecule has 0 bridgehead atoms. The van der Waals surface area contributed by atoms with Gasteiger partial charge in [0, 0.05) is 23.1 Å². The van der Waals surface area contributed by atoms with Gasteiger partial charge < -0.3 is 9.88 Å². The molecule has 0 aliphatic rings. The monoisotopic (exact) mass is 490 g/mol. The number of alkyl halides is 3. The maximum atomic E-state index is 14.1. The molecule has 0 spiro atoms. The van der Waals surface area contributed by atoms with Crippen molar-refractivity contribution in [2.45, 2.75) is 12.7 Å². The van der Waals surface area contributed by atoms with Crippen molar-refractivity contribution in [3.8, 4) is 11.4 Å². The number of nitrogens with zero attached hydrogens (tertiary/aromatic N) is 2. The third kappa shape index (κ3) is 6.20. The number of rotatable bonds is 6. The molecule has 3 rings (SSSR count). The number of amides is 1. The number of hydrogen-bond donors (Lipinski definition) is 2. The normalized spacial score (nSPS) is 11.9. The highest BCUT2D eigenvalue weighted by atomic mass is 35.5. The van der Waals surface area contributed by atoms with Crippen LogP contribution in [0.25, 0.3) is 11.4 Å². The average molecular weight is 491 g/mol. The Morgan fingerprint density at radius 3 is 2.50 bits per heavy atom. The van der Waals surface area contributed by atoms with Crippen LogP contribution in [0.3, 0.4) is 0 Å². The molecule has 0 fully saturated rings. The fourth-order valence-corrected chi connectivity index (χ4v) is 3.65. The molecule has 170 valence electrons. The van der Waals surface area contributed by atoms with Crippen molar-refractivity contribution in [3.05, 3.63) is 65.2 Å². The number of sulfonamides is 1. The van der Waals surface area contributed by atoms with E-state index in [2.05, 4.69) is 15.0 Å². The van der Waals surface area contributed by atoms with Gasteiger partial charge in [0.15, 0.2) is 5.82 Å². The Labute approximate surface area is 185 Å². The maximum Gasteiger partial charge on any atom is 0.406 e. The molecule has 2 heterocycles. The van der Waals surface area contributed by atoms with Crippen molar-refractivity contribution < 1.29 is 30.8 Å². The quantitative estimate of drug-likeness (QED) is 0.496. The molecule has 0 saturated heterocycles. The minimum atomic E-state index is -4.63. The van der Waals surface area contributed by atoms with E-state index >= 15 is 0 Å². The number of pyridine rings is 1. The van der Waals surface area contributed by atoms with Crippen molar-refractivity contribution in [1.82, 2.24) is 9.55 Å². The summed E-state index contributed by atoms with van der Waals surface area (Å²) in [6.45, 7) is -1.47. The second-order valence-corrected chi connectivity index (χ2v) is 8.93. The van der Waals surface area contributed by atoms with Gasteiger partial charge in [-0.3, -0.25) is 14.5 Å². The van der Waals surface area contributed by atoms with Crippen molar-refractivity contribution in [2.75, 3.05) is 16.3 Å². The number of carbonyl (C=O) groups is 1. The van der Waals surface area contributed by atoms with Crippen LogP contribution in [0.5, 0.6) is 0 Å². The van der Waals surface area contributed by atoms with Gasteiger partial charge in [0.2, 0.25) is 10.0 Å². The van der Waals surface area contributed by atoms with Crippen LogP contribution < -0.4 is 10.0 Å². The lowest BCUT2D eigenvalue weighted by Crippen LogP contribution is -2.18. The van der Waals surface area contributed by atoms with Gasteiger partial charge in [-0.2, -0.15) is 13.2 Å². The first kappa shape index (κ1) is 23.5.